The predicted molar refractivity (Wildman–Crippen MR) is 50.1 cm³/mol. The second kappa shape index (κ2) is 3.84. The Kier molecular flexibility index (Phi) is 3.24. The summed E-state index contributed by atoms with van der Waals surface area (Å²) in [6.07, 6.45) is 0. The molecule has 65 valence electrons. The van der Waals surface area contributed by atoms with Crippen LogP contribution in [-0.2, 0) is 15.5 Å². The smallest absolute Gasteiger partial charge is 0.216 e. The summed E-state index contributed by atoms with van der Waals surface area (Å²) < 4.78 is -1.50. The Morgan fingerprint density at radius 1 is 1.17 bits per heavy atom. The van der Waals surface area contributed by atoms with Gasteiger partial charge in [0.05, 0.1) is 0 Å². The second-order valence-corrected chi connectivity index (χ2v) is 4.58. The van der Waals surface area contributed by atoms with Gasteiger partial charge in [0.15, 0.2) is 0 Å². The molecular weight excluding hydrogens is 218 g/mol. The van der Waals surface area contributed by atoms with Crippen LogP contribution in [0.5, 0.6) is 0 Å². The summed E-state index contributed by atoms with van der Waals surface area (Å²) in [5.41, 5.74) is 0.988. The number of rotatable bonds is 1. The lowest BCUT2D eigenvalue weighted by Gasteiger charge is -2.13. The van der Waals surface area contributed by atoms with Crippen LogP contribution in [0.3, 0.4) is 0 Å². The van der Waals surface area contributed by atoms with Crippen LogP contribution in [0.1, 0.15) is 11.1 Å². The summed E-state index contributed by atoms with van der Waals surface area (Å²) in [7, 11) is 0. The van der Waals surface area contributed by atoms with Gasteiger partial charge in [0.25, 0.3) is 0 Å². The summed E-state index contributed by atoms with van der Waals surface area (Å²) in [6, 6.07) is 6.77. The molecule has 0 aliphatic carbocycles. The number of hydrogen-bond donors (Lipinski definition) is 0. The molecule has 0 heterocycles. The van der Waals surface area contributed by atoms with Crippen LogP contribution >= 0.6 is 34.8 Å². The van der Waals surface area contributed by atoms with Crippen molar-refractivity contribution in [1.29, 1.82) is 0 Å². The monoisotopic (exact) mass is 223 g/mol. The summed E-state index contributed by atoms with van der Waals surface area (Å²) in [6.45, 7) is -0.371. The third-order valence-corrected chi connectivity index (χ3v) is 2.09. The first-order valence-corrected chi connectivity index (χ1v) is 4.42. The Balaban J connectivity index is 3.14. The van der Waals surface area contributed by atoms with Crippen molar-refractivity contribution >= 4 is 34.8 Å². The highest BCUT2D eigenvalue weighted by Gasteiger charge is 2.25. The van der Waals surface area contributed by atoms with E-state index < -0.39 is 3.79 Å². The van der Waals surface area contributed by atoms with E-state index in [2.05, 4.69) is 0 Å². The van der Waals surface area contributed by atoms with E-state index in [1.807, 2.05) is 0 Å². The molecule has 1 rings (SSSR count). The molecule has 0 aromatic heterocycles. The summed E-state index contributed by atoms with van der Waals surface area (Å²) in [4.78, 5) is 0. The molecule has 0 amide bonds. The fourth-order valence-electron chi connectivity index (χ4n) is 0.923. The molecular formula is C8H6Cl3O. The van der Waals surface area contributed by atoms with Crippen LogP contribution in [-0.4, -0.2) is 0 Å². The second-order valence-electron chi connectivity index (χ2n) is 2.30. The molecule has 1 aromatic rings. The van der Waals surface area contributed by atoms with Crippen molar-refractivity contribution in [2.75, 3.05) is 0 Å². The number of halogens is 3. The molecule has 0 N–H and O–H groups in total. The summed E-state index contributed by atoms with van der Waals surface area (Å²) >= 11 is 16.9. The number of alkyl halides is 3. The maximum Gasteiger partial charge on any atom is 0.216 e. The zero-order valence-electron chi connectivity index (χ0n) is 6.06. The van der Waals surface area contributed by atoms with E-state index in [9.17, 15) is 5.11 Å². The fourth-order valence-corrected chi connectivity index (χ4v) is 1.48. The summed E-state index contributed by atoms with van der Waals surface area (Å²) in [5, 5.41) is 10.6. The molecule has 0 aliphatic heterocycles. The molecule has 0 atom stereocenters. The lowest BCUT2D eigenvalue weighted by molar-refractivity contribution is 0.177. The lowest BCUT2D eigenvalue weighted by atomic mass is 10.1. The van der Waals surface area contributed by atoms with Crippen molar-refractivity contribution in [3.8, 4) is 0 Å². The van der Waals surface area contributed by atoms with Crippen molar-refractivity contribution in [3.63, 3.8) is 0 Å². The molecule has 1 aromatic carbocycles. The molecule has 4 heteroatoms. The van der Waals surface area contributed by atoms with Gasteiger partial charge in [0.2, 0.25) is 3.79 Å². The van der Waals surface area contributed by atoms with Crippen molar-refractivity contribution in [3.05, 3.63) is 35.4 Å². The van der Waals surface area contributed by atoms with E-state index in [4.69, 9.17) is 34.8 Å². The first-order valence-electron chi connectivity index (χ1n) is 3.29. The molecule has 1 radical (unpaired) electrons. The standard InChI is InChI=1S/C8H6Cl3O/c9-8(10,11)7-4-2-1-3-6(7)5-12/h1-4H,5H2. The van der Waals surface area contributed by atoms with E-state index in [0.717, 1.165) is 0 Å². The quantitative estimate of drug-likeness (QED) is 0.651. The van der Waals surface area contributed by atoms with Crippen molar-refractivity contribution < 1.29 is 5.11 Å². The largest absolute Gasteiger partial charge is 0.232 e. The van der Waals surface area contributed by atoms with Crippen molar-refractivity contribution in [2.24, 2.45) is 0 Å². The Hall–Kier alpha value is 0.0500. The molecule has 1 nitrogen and oxygen atoms in total. The van der Waals surface area contributed by atoms with E-state index in [1.165, 1.54) is 0 Å². The van der Waals surface area contributed by atoms with Gasteiger partial charge in [-0.2, -0.15) is 0 Å². The topological polar surface area (TPSA) is 19.9 Å². The van der Waals surface area contributed by atoms with Gasteiger partial charge in [-0.25, -0.2) is 5.11 Å². The molecule has 0 spiro atoms. The Morgan fingerprint density at radius 2 is 1.75 bits per heavy atom. The molecule has 0 fully saturated rings. The van der Waals surface area contributed by atoms with Gasteiger partial charge in [-0.05, 0) is 5.56 Å². The van der Waals surface area contributed by atoms with Crippen molar-refractivity contribution in [1.82, 2.24) is 0 Å². The minimum atomic E-state index is -1.50. The minimum absolute atomic E-state index is 0.371. The Bertz CT molecular complexity index is 267. The molecule has 0 saturated carbocycles. The van der Waals surface area contributed by atoms with Crippen LogP contribution in [0, 0.1) is 0 Å². The third-order valence-electron chi connectivity index (χ3n) is 1.48. The van der Waals surface area contributed by atoms with Gasteiger partial charge in [-0.15, -0.1) is 0 Å². The molecule has 12 heavy (non-hydrogen) atoms. The average Bonchev–Trinajstić information content (AvgIpc) is 2.03. The first-order chi connectivity index (χ1) is 5.55. The minimum Gasteiger partial charge on any atom is -0.232 e. The van der Waals surface area contributed by atoms with Crippen LogP contribution in [0.15, 0.2) is 24.3 Å². The molecule has 0 unspecified atom stereocenters. The van der Waals surface area contributed by atoms with Crippen LogP contribution in [0.2, 0.25) is 0 Å². The van der Waals surface area contributed by atoms with E-state index >= 15 is 0 Å². The van der Waals surface area contributed by atoms with Gasteiger partial charge >= 0.3 is 0 Å². The van der Waals surface area contributed by atoms with Gasteiger partial charge in [0, 0.05) is 5.56 Å². The van der Waals surface area contributed by atoms with Gasteiger partial charge < -0.3 is 0 Å². The molecule has 0 saturated heterocycles. The number of hydrogen-bond acceptors (Lipinski definition) is 0. The highest BCUT2D eigenvalue weighted by Crippen LogP contribution is 2.39. The summed E-state index contributed by atoms with van der Waals surface area (Å²) in [5.74, 6) is 0. The highest BCUT2D eigenvalue weighted by atomic mass is 35.6. The highest BCUT2D eigenvalue weighted by molar-refractivity contribution is 6.66. The van der Waals surface area contributed by atoms with Crippen molar-refractivity contribution in [2.45, 2.75) is 10.4 Å². The maximum absolute atomic E-state index is 10.6. The zero-order chi connectivity index (χ0) is 9.19. The lowest BCUT2D eigenvalue weighted by Crippen LogP contribution is -2.04. The van der Waals surface area contributed by atoms with Gasteiger partial charge in [-0.1, -0.05) is 59.1 Å². The SMILES string of the molecule is [O]Cc1ccccc1C(Cl)(Cl)Cl. The van der Waals surface area contributed by atoms with Crippen LogP contribution in [0.25, 0.3) is 0 Å². The van der Waals surface area contributed by atoms with E-state index in [1.54, 1.807) is 24.3 Å². The first kappa shape index (κ1) is 10.1. The Labute approximate surface area is 85.9 Å². The zero-order valence-corrected chi connectivity index (χ0v) is 8.33. The van der Waals surface area contributed by atoms with Crippen LogP contribution < -0.4 is 0 Å². The Morgan fingerprint density at radius 3 is 2.17 bits per heavy atom. The fraction of sp³-hybridized carbons (Fsp3) is 0.250. The predicted octanol–water partition coefficient (Wildman–Crippen LogP) is 3.44. The van der Waals surface area contributed by atoms with Crippen LogP contribution in [0.4, 0.5) is 0 Å². The van der Waals surface area contributed by atoms with E-state index in [-0.39, 0.29) is 6.61 Å². The average molecular weight is 224 g/mol. The van der Waals surface area contributed by atoms with Gasteiger partial charge in [0.1, 0.15) is 6.61 Å². The van der Waals surface area contributed by atoms with E-state index in [0.29, 0.717) is 11.1 Å². The maximum atomic E-state index is 10.6. The normalized spacial score (nSPS) is 11.7. The molecule has 0 bridgehead atoms. The molecule has 0 aliphatic rings. The number of benzene rings is 1. The van der Waals surface area contributed by atoms with Gasteiger partial charge in [-0.3, -0.25) is 0 Å². The third kappa shape index (κ3) is 2.27.